The minimum atomic E-state index is -0.0779. The van der Waals surface area contributed by atoms with Crippen LogP contribution in [0, 0.1) is 0 Å². The van der Waals surface area contributed by atoms with Gasteiger partial charge in [-0.05, 0) is 30.4 Å². The summed E-state index contributed by atoms with van der Waals surface area (Å²) in [5, 5.41) is 7.28. The van der Waals surface area contributed by atoms with Crippen molar-refractivity contribution in [1.29, 1.82) is 0 Å². The number of piperazine rings is 1. The molecular weight excluding hydrogens is 410 g/mol. The summed E-state index contributed by atoms with van der Waals surface area (Å²) in [7, 11) is 3.64. The summed E-state index contributed by atoms with van der Waals surface area (Å²) in [6.45, 7) is 4.16. The highest BCUT2D eigenvalue weighted by molar-refractivity contribution is 5.93. The third-order valence-electron chi connectivity index (χ3n) is 7.33. The highest BCUT2D eigenvalue weighted by Gasteiger charge is 2.34. The first-order chi connectivity index (χ1) is 16.2. The number of hydrogen-bond acceptors (Lipinski definition) is 4. The van der Waals surface area contributed by atoms with E-state index in [1.54, 1.807) is 7.05 Å². The normalized spacial score (nSPS) is 19.4. The van der Waals surface area contributed by atoms with E-state index < -0.39 is 0 Å². The molecule has 33 heavy (non-hydrogen) atoms. The Labute approximate surface area is 196 Å². The zero-order chi connectivity index (χ0) is 22.8. The summed E-state index contributed by atoms with van der Waals surface area (Å²) in [5.74, 6) is -0.0779. The van der Waals surface area contributed by atoms with E-state index in [1.165, 1.54) is 16.8 Å². The van der Waals surface area contributed by atoms with E-state index in [4.69, 9.17) is 0 Å². The number of amides is 1. The summed E-state index contributed by atoms with van der Waals surface area (Å²) in [4.78, 5) is 17.6. The smallest absolute Gasteiger partial charge is 0.271 e. The first-order valence-electron chi connectivity index (χ1n) is 12.0. The van der Waals surface area contributed by atoms with E-state index in [9.17, 15) is 4.79 Å². The number of carbonyl (C=O) groups is 1. The summed E-state index contributed by atoms with van der Waals surface area (Å²) in [5.41, 5.74) is 5.67. The minimum Gasteiger partial charge on any atom is -0.354 e. The van der Waals surface area contributed by atoms with E-state index in [2.05, 4.69) is 80.9 Å². The summed E-state index contributed by atoms with van der Waals surface area (Å²) in [6, 6.07) is 22.5. The SMILES string of the molecule is CNC(=O)c1nn(C)c2c1CC(N1CCN(C(c3ccccc3)c3ccccc3)CC1)CC2. The van der Waals surface area contributed by atoms with Crippen LogP contribution in [-0.4, -0.2) is 64.8 Å². The molecule has 1 unspecified atom stereocenters. The summed E-state index contributed by atoms with van der Waals surface area (Å²) >= 11 is 0. The van der Waals surface area contributed by atoms with Gasteiger partial charge in [-0.25, -0.2) is 0 Å². The second-order valence-corrected chi connectivity index (χ2v) is 9.17. The Hall–Kier alpha value is -2.96. The molecule has 2 heterocycles. The minimum absolute atomic E-state index is 0.0779. The zero-order valence-electron chi connectivity index (χ0n) is 19.6. The van der Waals surface area contributed by atoms with Crippen molar-refractivity contribution < 1.29 is 4.79 Å². The lowest BCUT2D eigenvalue weighted by molar-refractivity contribution is 0.0730. The summed E-state index contributed by atoms with van der Waals surface area (Å²) < 4.78 is 1.90. The van der Waals surface area contributed by atoms with Crippen LogP contribution in [0.2, 0.25) is 0 Å². The first-order valence-corrected chi connectivity index (χ1v) is 12.0. The maximum absolute atomic E-state index is 12.4. The van der Waals surface area contributed by atoms with Crippen LogP contribution in [-0.2, 0) is 19.9 Å². The molecule has 0 radical (unpaired) electrons. The predicted octanol–water partition coefficient (Wildman–Crippen LogP) is 3.04. The lowest BCUT2D eigenvalue weighted by atomic mass is 9.89. The number of fused-ring (bicyclic) bond motifs is 1. The number of hydrogen-bond donors (Lipinski definition) is 1. The van der Waals surface area contributed by atoms with Gasteiger partial charge in [0.1, 0.15) is 0 Å². The van der Waals surface area contributed by atoms with Gasteiger partial charge in [0, 0.05) is 57.6 Å². The highest BCUT2D eigenvalue weighted by Crippen LogP contribution is 2.32. The maximum Gasteiger partial charge on any atom is 0.271 e. The summed E-state index contributed by atoms with van der Waals surface area (Å²) in [6.07, 6.45) is 3.02. The second-order valence-electron chi connectivity index (χ2n) is 9.17. The van der Waals surface area contributed by atoms with Gasteiger partial charge in [0.05, 0.1) is 6.04 Å². The predicted molar refractivity (Wildman–Crippen MR) is 130 cm³/mol. The van der Waals surface area contributed by atoms with Crippen LogP contribution in [0.4, 0.5) is 0 Å². The van der Waals surface area contributed by atoms with Crippen molar-refractivity contribution in [2.75, 3.05) is 33.2 Å². The Morgan fingerprint density at radius 1 is 0.970 bits per heavy atom. The van der Waals surface area contributed by atoms with Gasteiger partial charge in [-0.3, -0.25) is 19.3 Å². The Kier molecular flexibility index (Phi) is 6.29. The largest absolute Gasteiger partial charge is 0.354 e. The van der Waals surface area contributed by atoms with Crippen LogP contribution >= 0.6 is 0 Å². The van der Waals surface area contributed by atoms with Crippen LogP contribution in [0.5, 0.6) is 0 Å². The number of aromatic nitrogens is 2. The fraction of sp³-hybridized carbons (Fsp3) is 0.407. The van der Waals surface area contributed by atoms with Gasteiger partial charge in [0.2, 0.25) is 0 Å². The van der Waals surface area contributed by atoms with Gasteiger partial charge in [0.25, 0.3) is 5.91 Å². The Morgan fingerprint density at radius 2 is 1.58 bits per heavy atom. The number of nitrogens with zero attached hydrogens (tertiary/aromatic N) is 4. The van der Waals surface area contributed by atoms with Gasteiger partial charge in [-0.15, -0.1) is 0 Å². The number of nitrogens with one attached hydrogen (secondary N) is 1. The Bertz CT molecular complexity index is 1050. The third kappa shape index (κ3) is 4.33. The quantitative estimate of drug-likeness (QED) is 0.659. The molecule has 172 valence electrons. The fourth-order valence-electron chi connectivity index (χ4n) is 5.63. The molecule has 3 aromatic rings. The van der Waals surface area contributed by atoms with Crippen molar-refractivity contribution in [1.82, 2.24) is 24.9 Å². The van der Waals surface area contributed by atoms with E-state index in [-0.39, 0.29) is 11.9 Å². The standard InChI is InChI=1S/C27H33N5O/c1-28-27(33)25-23-19-22(13-14-24(23)30(2)29-25)31-15-17-32(18-16-31)26(20-9-5-3-6-10-20)21-11-7-4-8-12-21/h3-12,22,26H,13-19H2,1-2H3,(H,28,33). The molecule has 1 fully saturated rings. The Balaban J connectivity index is 1.31. The van der Waals surface area contributed by atoms with E-state index in [0.717, 1.165) is 51.0 Å². The molecule has 6 heteroatoms. The lowest BCUT2D eigenvalue weighted by Gasteiger charge is -2.43. The topological polar surface area (TPSA) is 53.4 Å². The number of carbonyl (C=O) groups excluding carboxylic acids is 1. The van der Waals surface area contributed by atoms with Gasteiger partial charge in [0.15, 0.2) is 5.69 Å². The molecule has 5 rings (SSSR count). The van der Waals surface area contributed by atoms with Crippen LogP contribution in [0.15, 0.2) is 60.7 Å². The number of aryl methyl sites for hydroxylation is 1. The molecule has 1 atom stereocenters. The van der Waals surface area contributed by atoms with Crippen molar-refractivity contribution in [3.8, 4) is 0 Å². The van der Waals surface area contributed by atoms with Gasteiger partial charge in [-0.2, -0.15) is 5.10 Å². The highest BCUT2D eigenvalue weighted by atomic mass is 16.1. The van der Waals surface area contributed by atoms with Crippen molar-refractivity contribution in [2.24, 2.45) is 7.05 Å². The zero-order valence-corrected chi connectivity index (χ0v) is 19.6. The van der Waals surface area contributed by atoms with Gasteiger partial charge >= 0.3 is 0 Å². The molecule has 1 saturated heterocycles. The fourth-order valence-corrected chi connectivity index (χ4v) is 5.63. The van der Waals surface area contributed by atoms with Crippen LogP contribution < -0.4 is 5.32 Å². The molecule has 2 aliphatic rings. The molecule has 0 bridgehead atoms. The lowest BCUT2D eigenvalue weighted by Crippen LogP contribution is -2.52. The molecule has 2 aromatic carbocycles. The van der Waals surface area contributed by atoms with E-state index in [0.29, 0.717) is 11.7 Å². The molecule has 6 nitrogen and oxygen atoms in total. The van der Waals surface area contributed by atoms with Crippen molar-refractivity contribution in [3.05, 3.63) is 88.7 Å². The van der Waals surface area contributed by atoms with Crippen LogP contribution in [0.25, 0.3) is 0 Å². The number of rotatable bonds is 5. The second kappa shape index (κ2) is 9.49. The molecule has 0 spiro atoms. The molecule has 1 amide bonds. The van der Waals surface area contributed by atoms with Gasteiger partial charge < -0.3 is 5.32 Å². The van der Waals surface area contributed by atoms with Crippen LogP contribution in [0.1, 0.15) is 45.3 Å². The molecule has 1 aromatic heterocycles. The average molecular weight is 444 g/mol. The number of benzene rings is 2. The first kappa shape index (κ1) is 21.9. The molecular formula is C27H33N5O. The van der Waals surface area contributed by atoms with Gasteiger partial charge in [-0.1, -0.05) is 60.7 Å². The van der Waals surface area contributed by atoms with Crippen LogP contribution in [0.3, 0.4) is 0 Å². The molecule has 1 aliphatic carbocycles. The molecule has 1 aliphatic heterocycles. The van der Waals surface area contributed by atoms with Crippen molar-refractivity contribution >= 4 is 5.91 Å². The van der Waals surface area contributed by atoms with E-state index >= 15 is 0 Å². The average Bonchev–Trinajstić information content (AvgIpc) is 3.21. The monoisotopic (exact) mass is 443 g/mol. The van der Waals surface area contributed by atoms with Crippen molar-refractivity contribution in [2.45, 2.75) is 31.3 Å². The van der Waals surface area contributed by atoms with Crippen molar-refractivity contribution in [3.63, 3.8) is 0 Å². The maximum atomic E-state index is 12.4. The van der Waals surface area contributed by atoms with E-state index in [1.807, 2.05) is 11.7 Å². The Morgan fingerprint density at radius 3 is 2.15 bits per heavy atom. The third-order valence-corrected chi connectivity index (χ3v) is 7.33. The molecule has 1 N–H and O–H groups in total. The molecule has 0 saturated carbocycles.